The third-order valence-electron chi connectivity index (χ3n) is 2.81. The lowest BCUT2D eigenvalue weighted by Crippen LogP contribution is -2.34. The second-order valence-corrected chi connectivity index (χ2v) is 8.02. The minimum atomic E-state index is -1.29. The number of nitrogens with zero attached hydrogens (tertiary/aromatic N) is 1. The summed E-state index contributed by atoms with van der Waals surface area (Å²) in [7, 11) is 0.904. The van der Waals surface area contributed by atoms with Gasteiger partial charge in [0.2, 0.25) is 0 Å². The monoisotopic (exact) mass is 201 g/mol. The molecule has 0 aromatic rings. The van der Waals surface area contributed by atoms with Crippen molar-refractivity contribution in [1.82, 2.24) is 4.81 Å². The van der Waals surface area contributed by atoms with Crippen LogP contribution in [0.15, 0.2) is 0 Å². The SMILES string of the molecule is BN1C(C)CCC1COP(=C)(C)C. The summed E-state index contributed by atoms with van der Waals surface area (Å²) in [6.45, 7) is 7.38. The van der Waals surface area contributed by atoms with Crippen LogP contribution in [0.3, 0.4) is 0 Å². The first-order chi connectivity index (χ1) is 5.90. The standard InChI is InChI=1S/C9H21BNOP/c1-8-5-6-9(11(8)10)7-12-13(2,3)4/h8-9H,2,5-7,10H2,1,3-4H3. The van der Waals surface area contributed by atoms with Crippen LogP contribution in [0, 0.1) is 0 Å². The molecule has 1 heterocycles. The highest BCUT2D eigenvalue weighted by Gasteiger charge is 2.26. The molecule has 2 unspecified atom stereocenters. The van der Waals surface area contributed by atoms with Gasteiger partial charge in [-0.25, -0.2) is 0 Å². The van der Waals surface area contributed by atoms with E-state index >= 15 is 0 Å². The molecule has 4 heteroatoms. The van der Waals surface area contributed by atoms with Crippen LogP contribution >= 0.6 is 7.11 Å². The molecular formula is C9H21BNOP. The average Bonchev–Trinajstić information content (AvgIpc) is 2.29. The van der Waals surface area contributed by atoms with E-state index in [4.69, 9.17) is 4.52 Å². The van der Waals surface area contributed by atoms with Gasteiger partial charge in [0.15, 0.2) is 7.98 Å². The molecule has 1 rings (SSSR count). The summed E-state index contributed by atoms with van der Waals surface area (Å²) in [4.78, 5) is 2.43. The van der Waals surface area contributed by atoms with Crippen molar-refractivity contribution in [3.8, 4) is 0 Å². The maximum Gasteiger partial charge on any atom is 0.186 e. The topological polar surface area (TPSA) is 12.5 Å². The van der Waals surface area contributed by atoms with Crippen LogP contribution in [0.5, 0.6) is 0 Å². The summed E-state index contributed by atoms with van der Waals surface area (Å²) in [5, 5.41) is 0. The molecule has 0 radical (unpaired) electrons. The first-order valence-electron chi connectivity index (χ1n) is 4.95. The van der Waals surface area contributed by atoms with Gasteiger partial charge >= 0.3 is 0 Å². The van der Waals surface area contributed by atoms with Crippen molar-refractivity contribution in [2.75, 3.05) is 19.9 Å². The molecule has 0 aromatic heterocycles. The third-order valence-corrected chi connectivity index (χ3v) is 3.65. The third kappa shape index (κ3) is 3.49. The van der Waals surface area contributed by atoms with E-state index in [1.807, 2.05) is 0 Å². The van der Waals surface area contributed by atoms with Crippen LogP contribution in [-0.4, -0.2) is 51.1 Å². The molecule has 1 fully saturated rings. The van der Waals surface area contributed by atoms with Crippen molar-refractivity contribution in [3.05, 3.63) is 0 Å². The van der Waals surface area contributed by atoms with E-state index < -0.39 is 7.11 Å². The summed E-state index contributed by atoms with van der Waals surface area (Å²) in [6, 6.07) is 1.34. The zero-order valence-corrected chi connectivity index (χ0v) is 10.2. The Morgan fingerprint density at radius 2 is 2.15 bits per heavy atom. The Labute approximate surface area is 83.1 Å². The molecule has 2 atom stereocenters. The van der Waals surface area contributed by atoms with Crippen molar-refractivity contribution in [2.45, 2.75) is 31.8 Å². The fraction of sp³-hybridized carbons (Fsp3) is 0.889. The average molecular weight is 201 g/mol. The Bertz CT molecular complexity index is 216. The Morgan fingerprint density at radius 3 is 2.54 bits per heavy atom. The van der Waals surface area contributed by atoms with Gasteiger partial charge in [-0.2, -0.15) is 0 Å². The first kappa shape index (κ1) is 11.4. The van der Waals surface area contributed by atoms with Crippen LogP contribution in [0.2, 0.25) is 0 Å². The molecule has 2 nitrogen and oxygen atoms in total. The molecule has 0 spiro atoms. The maximum absolute atomic E-state index is 5.79. The van der Waals surface area contributed by atoms with Gasteiger partial charge < -0.3 is 9.33 Å². The summed E-state index contributed by atoms with van der Waals surface area (Å²) in [6.07, 6.45) is 6.63. The first-order valence-corrected chi connectivity index (χ1v) is 7.73. The summed E-state index contributed by atoms with van der Waals surface area (Å²) in [5.74, 6) is 0. The van der Waals surface area contributed by atoms with Crippen LogP contribution < -0.4 is 0 Å². The van der Waals surface area contributed by atoms with E-state index in [1.165, 1.54) is 12.8 Å². The quantitative estimate of drug-likeness (QED) is 0.499. The van der Waals surface area contributed by atoms with E-state index in [9.17, 15) is 0 Å². The van der Waals surface area contributed by atoms with Crippen LogP contribution in [-0.2, 0) is 4.52 Å². The second-order valence-electron chi connectivity index (χ2n) is 4.62. The number of hydrogen-bond acceptors (Lipinski definition) is 2. The molecule has 0 amide bonds. The Morgan fingerprint density at radius 1 is 1.54 bits per heavy atom. The van der Waals surface area contributed by atoms with Gasteiger partial charge in [-0.15, -0.1) is 0 Å². The number of hydrogen-bond donors (Lipinski definition) is 0. The van der Waals surface area contributed by atoms with Crippen molar-refractivity contribution in [2.24, 2.45) is 0 Å². The van der Waals surface area contributed by atoms with E-state index in [-0.39, 0.29) is 0 Å². The van der Waals surface area contributed by atoms with Crippen molar-refractivity contribution >= 4 is 21.4 Å². The van der Waals surface area contributed by atoms with Gasteiger partial charge in [0.1, 0.15) is 0 Å². The van der Waals surface area contributed by atoms with Gasteiger partial charge in [-0.3, -0.25) is 0 Å². The van der Waals surface area contributed by atoms with Gasteiger partial charge in [-0.1, -0.05) is 13.2 Å². The fourth-order valence-electron chi connectivity index (χ4n) is 1.69. The molecule has 1 saturated heterocycles. The molecule has 1 aliphatic rings. The van der Waals surface area contributed by atoms with Gasteiger partial charge in [0.05, 0.1) is 6.61 Å². The minimum Gasteiger partial charge on any atom is -0.361 e. The van der Waals surface area contributed by atoms with E-state index in [0.29, 0.717) is 6.04 Å². The Kier molecular flexibility index (Phi) is 3.68. The maximum atomic E-state index is 5.79. The predicted octanol–water partition coefficient (Wildman–Crippen LogP) is 1.03. The van der Waals surface area contributed by atoms with E-state index in [1.54, 1.807) is 0 Å². The Hall–Kier alpha value is 0.285. The molecule has 1 aliphatic heterocycles. The smallest absolute Gasteiger partial charge is 0.186 e. The zero-order valence-electron chi connectivity index (χ0n) is 9.29. The molecule has 13 heavy (non-hydrogen) atoms. The van der Waals surface area contributed by atoms with Gasteiger partial charge in [-0.05, 0) is 39.3 Å². The number of rotatable bonds is 3. The van der Waals surface area contributed by atoms with Crippen LogP contribution in [0.25, 0.3) is 0 Å². The summed E-state index contributed by atoms with van der Waals surface area (Å²) in [5.41, 5.74) is 0. The van der Waals surface area contributed by atoms with Crippen LogP contribution in [0.1, 0.15) is 19.8 Å². The lowest BCUT2D eigenvalue weighted by Gasteiger charge is -2.25. The second kappa shape index (κ2) is 4.21. The fourth-order valence-corrected chi connectivity index (χ4v) is 2.27. The molecule has 0 aromatic carbocycles. The van der Waals surface area contributed by atoms with Crippen molar-refractivity contribution in [1.29, 1.82) is 0 Å². The lowest BCUT2D eigenvalue weighted by atomic mass is 10.2. The molecular weight excluding hydrogens is 180 g/mol. The molecule has 0 N–H and O–H groups in total. The summed E-state index contributed by atoms with van der Waals surface area (Å²) < 4.78 is 5.79. The van der Waals surface area contributed by atoms with E-state index in [2.05, 4.69) is 39.3 Å². The highest BCUT2D eigenvalue weighted by atomic mass is 31.2. The zero-order chi connectivity index (χ0) is 10.1. The molecule has 0 saturated carbocycles. The van der Waals surface area contributed by atoms with E-state index in [0.717, 1.165) is 12.6 Å². The Balaban J connectivity index is 2.35. The normalized spacial score (nSPS) is 31.0. The largest absolute Gasteiger partial charge is 0.361 e. The van der Waals surface area contributed by atoms with Gasteiger partial charge in [0.25, 0.3) is 0 Å². The highest BCUT2D eigenvalue weighted by Crippen LogP contribution is 2.37. The van der Waals surface area contributed by atoms with Crippen molar-refractivity contribution in [3.63, 3.8) is 0 Å². The van der Waals surface area contributed by atoms with Crippen molar-refractivity contribution < 1.29 is 4.52 Å². The molecule has 76 valence electrons. The lowest BCUT2D eigenvalue weighted by molar-refractivity contribution is 0.239. The molecule has 0 aliphatic carbocycles. The predicted molar refractivity (Wildman–Crippen MR) is 64.7 cm³/mol. The van der Waals surface area contributed by atoms with Crippen LogP contribution in [0.4, 0.5) is 0 Å². The molecule has 0 bridgehead atoms. The summed E-state index contributed by atoms with van der Waals surface area (Å²) >= 11 is 0. The highest BCUT2D eigenvalue weighted by molar-refractivity contribution is 7.67. The minimum absolute atomic E-state index is 0.621. The van der Waals surface area contributed by atoms with Gasteiger partial charge in [0, 0.05) is 6.04 Å².